The molecule has 0 aromatic heterocycles. The van der Waals surface area contributed by atoms with Crippen molar-refractivity contribution in [3.63, 3.8) is 0 Å². The van der Waals surface area contributed by atoms with E-state index in [9.17, 15) is 19.2 Å². The molecule has 0 atom stereocenters. The number of hydrogen-bond acceptors (Lipinski definition) is 5. The third-order valence-corrected chi connectivity index (χ3v) is 6.74. The van der Waals surface area contributed by atoms with Crippen LogP contribution in [0.2, 0.25) is 0 Å². The van der Waals surface area contributed by atoms with Crippen LogP contribution in [0.5, 0.6) is 5.75 Å². The smallest absolute Gasteiger partial charge is 0.244 e. The molecule has 42 heavy (non-hydrogen) atoms. The van der Waals surface area contributed by atoms with E-state index in [0.29, 0.717) is 12.1 Å². The molecule has 8 nitrogen and oxygen atoms in total. The molecule has 2 aromatic carbocycles. The van der Waals surface area contributed by atoms with Crippen LogP contribution in [0.4, 0.5) is 11.4 Å². The minimum absolute atomic E-state index is 0.233. The maximum absolute atomic E-state index is 12.7. The second-order valence-electron chi connectivity index (χ2n) is 11.0. The summed E-state index contributed by atoms with van der Waals surface area (Å²) in [5.74, 6) is -0.192. The van der Waals surface area contributed by atoms with E-state index in [1.165, 1.54) is 31.8 Å². The number of carbonyl (C=O) groups is 4. The van der Waals surface area contributed by atoms with E-state index in [1.807, 2.05) is 39.0 Å². The first-order valence-corrected chi connectivity index (χ1v) is 14.6. The van der Waals surface area contributed by atoms with Crippen LogP contribution in [0.15, 0.2) is 54.6 Å². The average Bonchev–Trinajstić information content (AvgIpc) is 3.61. The van der Waals surface area contributed by atoms with E-state index in [-0.39, 0.29) is 24.3 Å². The molecule has 2 fully saturated rings. The van der Waals surface area contributed by atoms with E-state index in [2.05, 4.69) is 31.1 Å². The number of ether oxygens (including phenoxy) is 1. The van der Waals surface area contributed by atoms with Gasteiger partial charge in [-0.1, -0.05) is 64.3 Å². The van der Waals surface area contributed by atoms with Crippen molar-refractivity contribution in [2.24, 2.45) is 5.41 Å². The fraction of sp³-hybridized carbons (Fsp3) is 0.471. The van der Waals surface area contributed by atoms with Crippen molar-refractivity contribution in [2.45, 2.75) is 86.5 Å². The molecule has 4 amide bonds. The molecule has 230 valence electrons. The van der Waals surface area contributed by atoms with Crippen LogP contribution >= 0.6 is 0 Å². The van der Waals surface area contributed by atoms with E-state index in [0.717, 1.165) is 53.1 Å². The number of rotatable bonds is 7. The van der Waals surface area contributed by atoms with Gasteiger partial charge in [-0.05, 0) is 81.0 Å². The number of allylic oxidation sites excluding steroid dienone is 1. The SMILES string of the molecule is C=C1CC1.CC(=O)N(CC(=O)Nc1cc(C)ccc1C)C(=O)C1(C)CCCC1.CCC.COc1ccc(NC=O)cc1. The van der Waals surface area contributed by atoms with Gasteiger partial charge in [0.25, 0.3) is 0 Å². The molecule has 0 saturated heterocycles. The van der Waals surface area contributed by atoms with Crippen LogP contribution in [-0.4, -0.2) is 42.7 Å². The molecule has 2 N–H and O–H groups in total. The number of amides is 4. The topological polar surface area (TPSA) is 105 Å². The molecule has 0 unspecified atom stereocenters. The predicted molar refractivity (Wildman–Crippen MR) is 171 cm³/mol. The summed E-state index contributed by atoms with van der Waals surface area (Å²) in [5.41, 5.74) is 4.35. The molecule has 2 aromatic rings. The Kier molecular flexibility index (Phi) is 15.9. The van der Waals surface area contributed by atoms with Crippen molar-refractivity contribution < 1.29 is 23.9 Å². The van der Waals surface area contributed by atoms with Gasteiger partial charge in [-0.25, -0.2) is 0 Å². The standard InChI is InChI=1S/C19H26N2O3.C8H9NO2.C4H6.C3H8/c1-13-7-8-14(2)16(11-13)20-17(23)12-21(15(3)22)18(24)19(4)9-5-6-10-19;1-11-8-4-2-7(3-5-8)9-6-10;1-4-2-3-4;1-3-2/h7-8,11H,5-6,9-10,12H2,1-4H3,(H,20,23);2-6H,1H3,(H,9,10);1-3H2;3H2,1-2H3. The number of nitrogens with one attached hydrogen (secondary N) is 2. The Bertz CT molecular complexity index is 1180. The maximum Gasteiger partial charge on any atom is 0.244 e. The van der Waals surface area contributed by atoms with Crippen molar-refractivity contribution in [2.75, 3.05) is 24.3 Å². The van der Waals surface area contributed by atoms with Crippen molar-refractivity contribution in [1.29, 1.82) is 0 Å². The molecule has 0 heterocycles. The van der Waals surface area contributed by atoms with Crippen molar-refractivity contribution >= 4 is 35.5 Å². The van der Waals surface area contributed by atoms with Gasteiger partial charge >= 0.3 is 0 Å². The zero-order chi connectivity index (χ0) is 31.7. The Labute approximate surface area is 251 Å². The number of aryl methyl sites for hydroxylation is 2. The van der Waals surface area contributed by atoms with Crippen molar-refractivity contribution in [3.05, 3.63) is 65.7 Å². The van der Waals surface area contributed by atoms with E-state index >= 15 is 0 Å². The van der Waals surface area contributed by atoms with Gasteiger partial charge in [0.1, 0.15) is 12.3 Å². The predicted octanol–water partition coefficient (Wildman–Crippen LogP) is 7.21. The maximum atomic E-state index is 12.7. The third-order valence-electron chi connectivity index (χ3n) is 6.74. The van der Waals surface area contributed by atoms with Crippen molar-refractivity contribution in [1.82, 2.24) is 4.90 Å². The lowest BCUT2D eigenvalue weighted by molar-refractivity contribution is -0.152. The van der Waals surface area contributed by atoms with Gasteiger partial charge < -0.3 is 15.4 Å². The van der Waals surface area contributed by atoms with Crippen LogP contribution in [0.1, 0.15) is 83.8 Å². The number of benzene rings is 2. The fourth-order valence-corrected chi connectivity index (χ4v) is 4.07. The summed E-state index contributed by atoms with van der Waals surface area (Å²) in [7, 11) is 1.60. The monoisotopic (exact) mass is 579 g/mol. The number of hydrogen-bond donors (Lipinski definition) is 2. The summed E-state index contributed by atoms with van der Waals surface area (Å²) in [4.78, 5) is 48.1. The van der Waals surface area contributed by atoms with Crippen LogP contribution in [0, 0.1) is 19.3 Å². The van der Waals surface area contributed by atoms with Crippen LogP contribution in [0.3, 0.4) is 0 Å². The van der Waals surface area contributed by atoms with E-state index in [4.69, 9.17) is 4.74 Å². The van der Waals surface area contributed by atoms with Crippen LogP contribution < -0.4 is 15.4 Å². The molecule has 2 aliphatic rings. The minimum atomic E-state index is -0.523. The Morgan fingerprint density at radius 3 is 2.02 bits per heavy atom. The Morgan fingerprint density at radius 2 is 1.57 bits per heavy atom. The first kappa shape index (κ1) is 36.1. The highest BCUT2D eigenvalue weighted by molar-refractivity contribution is 6.03. The molecule has 0 radical (unpaired) electrons. The lowest BCUT2D eigenvalue weighted by Gasteiger charge is -2.29. The Hall–Kier alpha value is -3.94. The molecular formula is C34H49N3O5. The molecule has 0 spiro atoms. The highest BCUT2D eigenvalue weighted by Gasteiger charge is 2.40. The summed E-state index contributed by atoms with van der Waals surface area (Å²) in [6, 6.07) is 12.9. The molecule has 8 heteroatoms. The molecule has 4 rings (SSSR count). The summed E-state index contributed by atoms with van der Waals surface area (Å²) < 4.78 is 4.93. The number of methoxy groups -OCH3 is 1. The molecule has 0 aliphatic heterocycles. The highest BCUT2D eigenvalue weighted by atomic mass is 16.5. The van der Waals surface area contributed by atoms with Gasteiger partial charge in [0, 0.05) is 23.7 Å². The Balaban J connectivity index is 0.000000399. The van der Waals surface area contributed by atoms with Crippen molar-refractivity contribution in [3.8, 4) is 5.75 Å². The van der Waals surface area contributed by atoms with Gasteiger partial charge in [-0.3, -0.25) is 24.1 Å². The largest absolute Gasteiger partial charge is 0.497 e. The number of nitrogens with zero attached hydrogens (tertiary/aromatic N) is 1. The van der Waals surface area contributed by atoms with Gasteiger partial charge in [-0.15, -0.1) is 0 Å². The third kappa shape index (κ3) is 13.1. The zero-order valence-electron chi connectivity index (χ0n) is 26.5. The number of imide groups is 1. The minimum Gasteiger partial charge on any atom is -0.497 e. The van der Waals surface area contributed by atoms with E-state index in [1.54, 1.807) is 31.4 Å². The summed E-state index contributed by atoms with van der Waals surface area (Å²) in [6.45, 7) is 14.8. The van der Waals surface area contributed by atoms with Gasteiger partial charge in [-0.2, -0.15) is 0 Å². The normalized spacial score (nSPS) is 13.8. The van der Waals surface area contributed by atoms with Crippen LogP contribution in [-0.2, 0) is 19.2 Å². The average molecular weight is 580 g/mol. The second-order valence-corrected chi connectivity index (χ2v) is 11.0. The lowest BCUT2D eigenvalue weighted by Crippen LogP contribution is -2.47. The van der Waals surface area contributed by atoms with Gasteiger partial charge in [0.15, 0.2) is 0 Å². The van der Waals surface area contributed by atoms with Gasteiger partial charge in [0.05, 0.1) is 7.11 Å². The summed E-state index contributed by atoms with van der Waals surface area (Å²) >= 11 is 0. The first-order valence-electron chi connectivity index (χ1n) is 14.6. The molecule has 0 bridgehead atoms. The highest BCUT2D eigenvalue weighted by Crippen LogP contribution is 2.39. The summed E-state index contributed by atoms with van der Waals surface area (Å²) in [5, 5.41) is 5.33. The van der Waals surface area contributed by atoms with Crippen LogP contribution in [0.25, 0.3) is 0 Å². The number of carbonyl (C=O) groups excluding carboxylic acids is 4. The summed E-state index contributed by atoms with van der Waals surface area (Å²) in [6.07, 6.45) is 8.00. The molecular weight excluding hydrogens is 530 g/mol. The number of anilines is 2. The zero-order valence-corrected chi connectivity index (χ0v) is 26.5. The Morgan fingerprint density at radius 1 is 1.02 bits per heavy atom. The quantitative estimate of drug-likeness (QED) is 0.266. The lowest BCUT2D eigenvalue weighted by atomic mass is 9.87. The molecule has 2 aliphatic carbocycles. The first-order chi connectivity index (χ1) is 19.9. The molecule has 2 saturated carbocycles. The fourth-order valence-electron chi connectivity index (χ4n) is 4.07. The van der Waals surface area contributed by atoms with E-state index < -0.39 is 5.41 Å². The second kappa shape index (κ2) is 18.5. The van der Waals surface area contributed by atoms with Gasteiger partial charge in [0.2, 0.25) is 24.1 Å².